The van der Waals surface area contributed by atoms with Gasteiger partial charge in [-0.1, -0.05) is 0 Å². The van der Waals surface area contributed by atoms with Crippen LogP contribution in [0.3, 0.4) is 0 Å². The predicted molar refractivity (Wildman–Crippen MR) is 63.5 cm³/mol. The minimum absolute atomic E-state index is 0. The zero-order chi connectivity index (χ0) is 10.1. The van der Waals surface area contributed by atoms with Crippen LogP contribution in [0.25, 0.3) is 11.5 Å². The second-order valence-electron chi connectivity index (χ2n) is 3.81. The normalized spacial score (nSPS) is 19.6. The highest BCUT2D eigenvalue weighted by Crippen LogP contribution is 2.23. The number of hydrogen-bond donors (Lipinski definition) is 2. The molecule has 0 saturated carbocycles. The summed E-state index contributed by atoms with van der Waals surface area (Å²) in [6.07, 6.45) is 5.88. The maximum Gasteiger partial charge on any atom is 0.151 e. The van der Waals surface area contributed by atoms with Gasteiger partial charge in [-0.3, -0.25) is 0 Å². The van der Waals surface area contributed by atoms with Crippen LogP contribution < -0.4 is 5.32 Å². The first-order chi connectivity index (χ1) is 7.43. The second kappa shape index (κ2) is 4.72. The Morgan fingerprint density at radius 3 is 3.06 bits per heavy atom. The molecule has 0 radical (unpaired) electrons. The van der Waals surface area contributed by atoms with E-state index in [-0.39, 0.29) is 12.4 Å². The van der Waals surface area contributed by atoms with Gasteiger partial charge in [-0.2, -0.15) is 0 Å². The van der Waals surface area contributed by atoms with Crippen LogP contribution in [0.2, 0.25) is 0 Å². The lowest BCUT2D eigenvalue weighted by Crippen LogP contribution is -2.14. The van der Waals surface area contributed by atoms with Gasteiger partial charge in [-0.25, -0.2) is 4.98 Å². The molecule has 2 N–H and O–H groups in total. The van der Waals surface area contributed by atoms with Gasteiger partial charge in [0.05, 0.1) is 18.5 Å². The fourth-order valence-corrected chi connectivity index (χ4v) is 1.99. The Labute approximate surface area is 99.9 Å². The van der Waals surface area contributed by atoms with Crippen molar-refractivity contribution in [2.75, 3.05) is 6.54 Å². The molecule has 0 amide bonds. The number of imidazole rings is 1. The number of halogens is 1. The van der Waals surface area contributed by atoms with Crippen LogP contribution in [-0.4, -0.2) is 16.5 Å². The quantitative estimate of drug-likeness (QED) is 0.847. The lowest BCUT2D eigenvalue weighted by molar-refractivity contribution is 0.578. The molecule has 0 aromatic carbocycles. The van der Waals surface area contributed by atoms with E-state index >= 15 is 0 Å². The van der Waals surface area contributed by atoms with Crippen molar-refractivity contribution in [1.82, 2.24) is 15.3 Å². The predicted octanol–water partition coefficient (Wildman–Crippen LogP) is 2.52. The van der Waals surface area contributed by atoms with Crippen molar-refractivity contribution in [3.05, 3.63) is 30.4 Å². The van der Waals surface area contributed by atoms with E-state index in [1.165, 1.54) is 6.42 Å². The Hall–Kier alpha value is -1.26. The number of furan rings is 1. The maximum atomic E-state index is 5.30. The molecule has 86 valence electrons. The molecule has 0 spiro atoms. The van der Waals surface area contributed by atoms with Crippen molar-refractivity contribution in [2.24, 2.45) is 0 Å². The zero-order valence-electron chi connectivity index (χ0n) is 8.77. The molecule has 2 aromatic rings. The molecule has 0 bridgehead atoms. The number of hydrogen-bond acceptors (Lipinski definition) is 3. The fraction of sp³-hybridized carbons (Fsp3) is 0.364. The average molecular weight is 240 g/mol. The van der Waals surface area contributed by atoms with E-state index in [1.807, 2.05) is 18.3 Å². The first-order valence-electron chi connectivity index (χ1n) is 5.25. The molecule has 16 heavy (non-hydrogen) atoms. The van der Waals surface area contributed by atoms with Crippen molar-refractivity contribution in [2.45, 2.75) is 18.9 Å². The highest BCUT2D eigenvalue weighted by atomic mass is 35.5. The molecule has 1 fully saturated rings. The summed E-state index contributed by atoms with van der Waals surface area (Å²) in [5.41, 5.74) is 0.948. The van der Waals surface area contributed by atoms with Gasteiger partial charge in [0.25, 0.3) is 0 Å². The zero-order valence-corrected chi connectivity index (χ0v) is 9.59. The molecular weight excluding hydrogens is 226 g/mol. The number of aromatic nitrogens is 2. The third-order valence-electron chi connectivity index (χ3n) is 2.77. The van der Waals surface area contributed by atoms with Crippen molar-refractivity contribution in [3.63, 3.8) is 0 Å². The summed E-state index contributed by atoms with van der Waals surface area (Å²) in [5.74, 6) is 1.85. The Morgan fingerprint density at radius 1 is 1.44 bits per heavy atom. The van der Waals surface area contributed by atoms with Gasteiger partial charge in [0.1, 0.15) is 11.5 Å². The van der Waals surface area contributed by atoms with Crippen LogP contribution in [0.5, 0.6) is 0 Å². The Morgan fingerprint density at radius 2 is 2.38 bits per heavy atom. The lowest BCUT2D eigenvalue weighted by Gasteiger charge is -2.04. The summed E-state index contributed by atoms with van der Waals surface area (Å²) in [6, 6.07) is 4.19. The molecule has 1 atom stereocenters. The average Bonchev–Trinajstić information content (AvgIpc) is 3.02. The van der Waals surface area contributed by atoms with Crippen molar-refractivity contribution in [3.8, 4) is 11.5 Å². The Balaban J connectivity index is 0.000000963. The molecule has 3 heterocycles. The molecule has 0 aliphatic carbocycles. The van der Waals surface area contributed by atoms with Gasteiger partial charge in [0.15, 0.2) is 5.76 Å². The van der Waals surface area contributed by atoms with Crippen molar-refractivity contribution >= 4 is 12.4 Å². The van der Waals surface area contributed by atoms with Crippen LogP contribution >= 0.6 is 12.4 Å². The van der Waals surface area contributed by atoms with E-state index in [4.69, 9.17) is 4.42 Å². The highest BCUT2D eigenvalue weighted by Gasteiger charge is 2.19. The molecule has 1 saturated heterocycles. The first kappa shape index (κ1) is 11.2. The Kier molecular flexibility index (Phi) is 3.31. The molecular formula is C11H14ClN3O. The maximum absolute atomic E-state index is 5.30. The second-order valence-corrected chi connectivity index (χ2v) is 3.81. The molecule has 2 aromatic heterocycles. The molecule has 4 nitrogen and oxygen atoms in total. The van der Waals surface area contributed by atoms with Gasteiger partial charge in [-0.15, -0.1) is 12.4 Å². The van der Waals surface area contributed by atoms with Crippen LogP contribution in [0, 0.1) is 0 Å². The van der Waals surface area contributed by atoms with Crippen molar-refractivity contribution < 1.29 is 4.42 Å². The third kappa shape index (κ3) is 1.99. The summed E-state index contributed by atoms with van der Waals surface area (Å²) in [7, 11) is 0. The largest absolute Gasteiger partial charge is 0.463 e. The molecule has 3 rings (SSSR count). The van der Waals surface area contributed by atoms with Gasteiger partial charge in [-0.05, 0) is 31.5 Å². The van der Waals surface area contributed by atoms with Crippen LogP contribution in [0.15, 0.2) is 29.0 Å². The van der Waals surface area contributed by atoms with Crippen molar-refractivity contribution in [1.29, 1.82) is 0 Å². The molecule has 5 heteroatoms. The molecule has 1 aliphatic rings. The number of nitrogens with zero attached hydrogens (tertiary/aromatic N) is 1. The lowest BCUT2D eigenvalue weighted by atomic mass is 10.2. The summed E-state index contributed by atoms with van der Waals surface area (Å²) in [5, 5.41) is 3.41. The highest BCUT2D eigenvalue weighted by molar-refractivity contribution is 5.85. The number of rotatable bonds is 2. The van der Waals surface area contributed by atoms with Gasteiger partial charge < -0.3 is 14.7 Å². The standard InChI is InChI=1S/C11H13N3O.ClH/c1-3-8(12-5-1)11-13-7-9(14-11)10-4-2-6-15-10;/h2,4,6-8,12H,1,3,5H2,(H,13,14);1H/t8-;/m0./s1. The Bertz CT molecular complexity index is 432. The van der Waals surface area contributed by atoms with E-state index < -0.39 is 0 Å². The van der Waals surface area contributed by atoms with E-state index in [1.54, 1.807) is 6.26 Å². The summed E-state index contributed by atoms with van der Waals surface area (Å²) in [4.78, 5) is 7.67. The SMILES string of the molecule is Cl.c1coc(-c2cnc([C@@H]3CCCN3)[nH]2)c1. The van der Waals surface area contributed by atoms with Crippen LogP contribution in [0.4, 0.5) is 0 Å². The van der Waals surface area contributed by atoms with Gasteiger partial charge in [0.2, 0.25) is 0 Å². The fourth-order valence-electron chi connectivity index (χ4n) is 1.99. The minimum Gasteiger partial charge on any atom is -0.463 e. The van der Waals surface area contributed by atoms with E-state index in [0.717, 1.165) is 30.2 Å². The van der Waals surface area contributed by atoms with Crippen LogP contribution in [-0.2, 0) is 0 Å². The summed E-state index contributed by atoms with van der Waals surface area (Å²) >= 11 is 0. The van der Waals surface area contributed by atoms with E-state index in [2.05, 4.69) is 15.3 Å². The smallest absolute Gasteiger partial charge is 0.151 e. The first-order valence-corrected chi connectivity index (χ1v) is 5.25. The topological polar surface area (TPSA) is 53.9 Å². The van der Waals surface area contributed by atoms with Crippen LogP contribution in [0.1, 0.15) is 24.7 Å². The summed E-state index contributed by atoms with van der Waals surface area (Å²) < 4.78 is 5.30. The summed E-state index contributed by atoms with van der Waals surface area (Å²) in [6.45, 7) is 1.08. The third-order valence-corrected chi connectivity index (χ3v) is 2.77. The monoisotopic (exact) mass is 239 g/mol. The minimum atomic E-state index is 0. The van der Waals surface area contributed by atoms with E-state index in [9.17, 15) is 0 Å². The number of aromatic amines is 1. The number of H-pyrrole nitrogens is 1. The van der Waals surface area contributed by atoms with E-state index in [0.29, 0.717) is 6.04 Å². The van der Waals surface area contributed by atoms with Gasteiger partial charge >= 0.3 is 0 Å². The number of nitrogens with one attached hydrogen (secondary N) is 2. The molecule has 0 unspecified atom stereocenters. The van der Waals surface area contributed by atoms with Gasteiger partial charge in [0, 0.05) is 0 Å². The molecule has 1 aliphatic heterocycles.